The summed E-state index contributed by atoms with van der Waals surface area (Å²) in [6.07, 6.45) is 1.91. The van der Waals surface area contributed by atoms with Crippen LogP contribution in [-0.2, 0) is 4.84 Å². The van der Waals surface area contributed by atoms with E-state index in [2.05, 4.69) is 50.9 Å². The lowest BCUT2D eigenvalue weighted by atomic mass is 9.99. The van der Waals surface area contributed by atoms with Crippen molar-refractivity contribution in [1.82, 2.24) is 0 Å². The first kappa shape index (κ1) is 21.0. The Bertz CT molecular complexity index is 590. The molecule has 0 unspecified atom stereocenters. The van der Waals surface area contributed by atoms with Gasteiger partial charge in [-0.15, -0.1) is 0 Å². The van der Waals surface area contributed by atoms with E-state index in [1.54, 1.807) is 0 Å². The van der Waals surface area contributed by atoms with Crippen LogP contribution in [0.2, 0.25) is 0 Å². The summed E-state index contributed by atoms with van der Waals surface area (Å²) in [6, 6.07) is 4.03. The van der Waals surface area contributed by atoms with Gasteiger partial charge in [0.1, 0.15) is 24.7 Å². The van der Waals surface area contributed by atoms with Gasteiger partial charge in [-0.3, -0.25) is 0 Å². The molecule has 0 aliphatic carbocycles. The van der Waals surface area contributed by atoms with Crippen molar-refractivity contribution < 1.29 is 14.3 Å². The number of aryl methyl sites for hydroxylation is 1. The molecule has 6 heteroatoms. The highest BCUT2D eigenvalue weighted by Gasteiger charge is 2.13. The molecule has 0 N–H and O–H groups in total. The van der Waals surface area contributed by atoms with Gasteiger partial charge >= 0.3 is 0 Å². The van der Waals surface area contributed by atoms with Gasteiger partial charge in [-0.2, -0.15) is 0 Å². The van der Waals surface area contributed by atoms with Crippen molar-refractivity contribution in [2.45, 2.75) is 40.5 Å². The first-order valence-electron chi connectivity index (χ1n) is 7.85. The number of hydrogen-bond donors (Lipinski definition) is 0. The maximum absolute atomic E-state index is 5.93. The van der Waals surface area contributed by atoms with Crippen LogP contribution >= 0.6 is 31.9 Å². The van der Waals surface area contributed by atoms with Crippen molar-refractivity contribution in [2.24, 2.45) is 5.16 Å². The SMILES string of the molecule is CC(C)=NOCCOc1c(C)cc(OCC=C(Br)Br)cc1C(C)C. The van der Waals surface area contributed by atoms with Crippen molar-refractivity contribution in [3.05, 3.63) is 32.7 Å². The predicted octanol–water partition coefficient (Wildman–Crippen LogP) is 5.92. The third-order valence-electron chi connectivity index (χ3n) is 3.05. The summed E-state index contributed by atoms with van der Waals surface area (Å²) in [5, 5.41) is 3.90. The van der Waals surface area contributed by atoms with Gasteiger partial charge in [-0.05, 0) is 82.3 Å². The maximum Gasteiger partial charge on any atom is 0.151 e. The summed E-state index contributed by atoms with van der Waals surface area (Å²) in [7, 11) is 0. The zero-order valence-electron chi connectivity index (χ0n) is 14.9. The summed E-state index contributed by atoms with van der Waals surface area (Å²) < 4.78 is 12.6. The van der Waals surface area contributed by atoms with Crippen LogP contribution < -0.4 is 9.47 Å². The summed E-state index contributed by atoms with van der Waals surface area (Å²) in [5.41, 5.74) is 3.06. The molecule has 134 valence electrons. The first-order chi connectivity index (χ1) is 11.3. The Morgan fingerprint density at radius 1 is 1.17 bits per heavy atom. The lowest BCUT2D eigenvalue weighted by Crippen LogP contribution is -2.08. The Morgan fingerprint density at radius 2 is 1.88 bits per heavy atom. The van der Waals surface area contributed by atoms with E-state index in [1.807, 2.05) is 39.0 Å². The fourth-order valence-electron chi connectivity index (χ4n) is 2.03. The molecule has 0 aromatic heterocycles. The van der Waals surface area contributed by atoms with Gasteiger partial charge in [0.15, 0.2) is 6.61 Å². The predicted molar refractivity (Wildman–Crippen MR) is 107 cm³/mol. The Hall–Kier alpha value is -1.01. The summed E-state index contributed by atoms with van der Waals surface area (Å²) in [6.45, 7) is 11.5. The molecule has 0 atom stereocenters. The van der Waals surface area contributed by atoms with Gasteiger partial charge in [0.05, 0.1) is 9.10 Å². The highest BCUT2D eigenvalue weighted by atomic mass is 79.9. The molecule has 0 amide bonds. The average molecular weight is 463 g/mol. The smallest absolute Gasteiger partial charge is 0.151 e. The minimum Gasteiger partial charge on any atom is -0.489 e. The van der Waals surface area contributed by atoms with E-state index in [9.17, 15) is 0 Å². The molecule has 1 rings (SSSR count). The number of oxime groups is 1. The van der Waals surface area contributed by atoms with Crippen molar-refractivity contribution in [2.75, 3.05) is 19.8 Å². The van der Waals surface area contributed by atoms with Crippen molar-refractivity contribution in [1.29, 1.82) is 0 Å². The van der Waals surface area contributed by atoms with Gasteiger partial charge in [0, 0.05) is 5.56 Å². The van der Waals surface area contributed by atoms with Gasteiger partial charge in [0.2, 0.25) is 0 Å². The van der Waals surface area contributed by atoms with Crippen molar-refractivity contribution in [3.8, 4) is 11.5 Å². The average Bonchev–Trinajstić information content (AvgIpc) is 2.47. The van der Waals surface area contributed by atoms with E-state index >= 15 is 0 Å². The standard InChI is InChI=1S/C18H25Br2NO3/c1-12(2)16-11-15(22-7-6-17(19)20)10-14(5)18(16)23-8-9-24-21-13(3)4/h6,10-12H,7-9H2,1-5H3. The zero-order valence-corrected chi connectivity index (χ0v) is 18.0. The number of halogens is 2. The maximum atomic E-state index is 5.93. The molecule has 0 bridgehead atoms. The third-order valence-corrected chi connectivity index (χ3v) is 3.70. The quantitative estimate of drug-likeness (QED) is 0.259. The van der Waals surface area contributed by atoms with Crippen molar-refractivity contribution in [3.63, 3.8) is 0 Å². The zero-order chi connectivity index (χ0) is 18.1. The van der Waals surface area contributed by atoms with E-state index in [4.69, 9.17) is 14.3 Å². The highest BCUT2D eigenvalue weighted by molar-refractivity contribution is 9.28. The molecule has 0 aliphatic heterocycles. The molecule has 0 saturated heterocycles. The number of benzene rings is 1. The summed E-state index contributed by atoms with van der Waals surface area (Å²) in [4.78, 5) is 5.18. The van der Waals surface area contributed by atoms with E-state index in [0.29, 0.717) is 25.7 Å². The van der Waals surface area contributed by atoms with E-state index in [-0.39, 0.29) is 0 Å². The second-order valence-electron chi connectivity index (χ2n) is 5.84. The molecule has 0 spiro atoms. The third kappa shape index (κ3) is 7.71. The van der Waals surface area contributed by atoms with Crippen LogP contribution in [0.25, 0.3) is 0 Å². The molecular weight excluding hydrogens is 438 g/mol. The largest absolute Gasteiger partial charge is 0.489 e. The Balaban J connectivity index is 2.80. The number of rotatable bonds is 9. The van der Waals surface area contributed by atoms with E-state index in [1.165, 1.54) is 0 Å². The molecule has 0 heterocycles. The van der Waals surface area contributed by atoms with Crippen LogP contribution in [0.4, 0.5) is 0 Å². The molecule has 4 nitrogen and oxygen atoms in total. The Labute approximate surface area is 161 Å². The first-order valence-corrected chi connectivity index (χ1v) is 9.44. The fraction of sp³-hybridized carbons (Fsp3) is 0.500. The normalized spacial score (nSPS) is 10.3. The molecule has 0 saturated carbocycles. The van der Waals surface area contributed by atoms with Crippen LogP contribution in [0.1, 0.15) is 44.7 Å². The molecule has 1 aromatic carbocycles. The fourth-order valence-corrected chi connectivity index (χ4v) is 2.30. The highest BCUT2D eigenvalue weighted by Crippen LogP contribution is 2.34. The van der Waals surface area contributed by atoms with Crippen LogP contribution in [0.15, 0.2) is 26.8 Å². The molecule has 0 aliphatic rings. The van der Waals surface area contributed by atoms with Gasteiger partial charge < -0.3 is 14.3 Å². The lowest BCUT2D eigenvalue weighted by molar-refractivity contribution is 0.106. The van der Waals surface area contributed by atoms with Crippen LogP contribution in [0.5, 0.6) is 11.5 Å². The second kappa shape index (κ2) is 10.8. The van der Waals surface area contributed by atoms with Gasteiger partial charge in [-0.1, -0.05) is 19.0 Å². The minimum atomic E-state index is 0.331. The van der Waals surface area contributed by atoms with Crippen LogP contribution in [-0.4, -0.2) is 25.5 Å². The molecule has 1 aromatic rings. The minimum absolute atomic E-state index is 0.331. The second-order valence-corrected chi connectivity index (χ2v) is 8.61. The topological polar surface area (TPSA) is 40.0 Å². The molecule has 24 heavy (non-hydrogen) atoms. The Morgan fingerprint density at radius 3 is 2.46 bits per heavy atom. The number of ether oxygens (including phenoxy) is 2. The summed E-state index contributed by atoms with van der Waals surface area (Å²) in [5.74, 6) is 2.07. The Kier molecular flexibility index (Phi) is 9.44. The van der Waals surface area contributed by atoms with Gasteiger partial charge in [0.25, 0.3) is 0 Å². The van der Waals surface area contributed by atoms with E-state index in [0.717, 1.165) is 31.7 Å². The number of nitrogens with zero attached hydrogens (tertiary/aromatic N) is 1. The summed E-state index contributed by atoms with van der Waals surface area (Å²) >= 11 is 6.64. The van der Waals surface area contributed by atoms with Crippen LogP contribution in [0, 0.1) is 6.92 Å². The lowest BCUT2D eigenvalue weighted by Gasteiger charge is -2.18. The monoisotopic (exact) mass is 461 g/mol. The number of hydrogen-bond acceptors (Lipinski definition) is 4. The van der Waals surface area contributed by atoms with Crippen molar-refractivity contribution >= 4 is 37.6 Å². The van der Waals surface area contributed by atoms with E-state index < -0.39 is 0 Å². The molecule has 0 radical (unpaired) electrons. The van der Waals surface area contributed by atoms with Crippen LogP contribution in [0.3, 0.4) is 0 Å². The molecular formula is C18H25Br2NO3. The molecule has 0 fully saturated rings. The van der Waals surface area contributed by atoms with Gasteiger partial charge in [-0.25, -0.2) is 0 Å².